The van der Waals surface area contributed by atoms with Gasteiger partial charge in [0, 0.05) is 22.2 Å². The van der Waals surface area contributed by atoms with E-state index in [2.05, 4.69) is 5.32 Å². The van der Waals surface area contributed by atoms with Gasteiger partial charge in [0.1, 0.15) is 4.88 Å². The van der Waals surface area contributed by atoms with Crippen molar-refractivity contribution in [3.05, 3.63) is 32.1 Å². The summed E-state index contributed by atoms with van der Waals surface area (Å²) in [4.78, 5) is 24.0. The number of rotatable bonds is 5. The van der Waals surface area contributed by atoms with Gasteiger partial charge in [0.15, 0.2) is 5.54 Å². The van der Waals surface area contributed by atoms with Gasteiger partial charge in [-0.15, -0.1) is 11.3 Å². The minimum Gasteiger partial charge on any atom is -0.479 e. The summed E-state index contributed by atoms with van der Waals surface area (Å²) in [6, 6.07) is 3.17. The normalized spacial score (nSPS) is 13.8. The van der Waals surface area contributed by atoms with Crippen LogP contribution in [0.2, 0.25) is 15.1 Å². The Kier molecular flexibility index (Phi) is 5.43. The Balaban J connectivity index is 2.44. The van der Waals surface area contributed by atoms with E-state index in [1.165, 1.54) is 20.1 Å². The fourth-order valence-corrected chi connectivity index (χ4v) is 4.28. The average Bonchev–Trinajstić information content (AvgIpc) is 2.75. The van der Waals surface area contributed by atoms with Crippen LogP contribution in [0, 0.1) is 0 Å². The van der Waals surface area contributed by atoms with Gasteiger partial charge in [-0.25, -0.2) is 4.79 Å². The highest BCUT2D eigenvalue weighted by Gasteiger charge is 2.36. The highest BCUT2D eigenvalue weighted by atomic mass is 35.5. The van der Waals surface area contributed by atoms with E-state index in [0.29, 0.717) is 20.1 Å². The predicted molar refractivity (Wildman–Crippen MR) is 92.2 cm³/mol. The number of carbonyl (C=O) groups is 2. The van der Waals surface area contributed by atoms with E-state index in [1.54, 1.807) is 6.07 Å². The van der Waals surface area contributed by atoms with Gasteiger partial charge in [0.2, 0.25) is 0 Å². The summed E-state index contributed by atoms with van der Waals surface area (Å²) in [6.07, 6.45) is 0. The number of nitrogens with one attached hydrogen (secondary N) is 1. The van der Waals surface area contributed by atoms with Crippen molar-refractivity contribution in [3.8, 4) is 0 Å². The molecule has 0 aliphatic heterocycles. The molecule has 1 heterocycles. The highest BCUT2D eigenvalue weighted by Crippen LogP contribution is 2.41. The molecule has 0 fully saturated rings. The Morgan fingerprint density at radius 1 is 1.35 bits per heavy atom. The van der Waals surface area contributed by atoms with Crippen LogP contribution in [0.15, 0.2) is 12.1 Å². The fraction of sp³-hybridized carbons (Fsp3) is 0.286. The fourth-order valence-electron chi connectivity index (χ4n) is 2.01. The van der Waals surface area contributed by atoms with Crippen LogP contribution in [0.1, 0.15) is 16.6 Å². The number of thiophene rings is 1. The highest BCUT2D eigenvalue weighted by molar-refractivity contribution is 7.21. The topological polar surface area (TPSA) is 75.6 Å². The van der Waals surface area contributed by atoms with Crippen LogP contribution in [0.25, 0.3) is 10.1 Å². The molecule has 1 amide bonds. The van der Waals surface area contributed by atoms with E-state index < -0.39 is 17.4 Å². The zero-order chi connectivity index (χ0) is 17.4. The lowest BCUT2D eigenvalue weighted by molar-refractivity contribution is -0.145. The van der Waals surface area contributed by atoms with E-state index in [0.717, 1.165) is 11.3 Å². The van der Waals surface area contributed by atoms with Gasteiger partial charge in [-0.1, -0.05) is 34.8 Å². The Morgan fingerprint density at radius 2 is 2.00 bits per heavy atom. The molecular formula is C14H12Cl3NO4S. The number of carboxylic acids is 1. The van der Waals surface area contributed by atoms with Crippen LogP contribution in [0.3, 0.4) is 0 Å². The van der Waals surface area contributed by atoms with Gasteiger partial charge < -0.3 is 15.2 Å². The summed E-state index contributed by atoms with van der Waals surface area (Å²) >= 11 is 19.4. The second-order valence-corrected chi connectivity index (χ2v) is 7.30. The Bertz CT molecular complexity index is 792. The summed E-state index contributed by atoms with van der Waals surface area (Å²) < 4.78 is 5.51. The van der Waals surface area contributed by atoms with Gasteiger partial charge >= 0.3 is 5.97 Å². The predicted octanol–water partition coefficient (Wildman–Crippen LogP) is 4.08. The molecule has 9 heteroatoms. The molecule has 0 aliphatic rings. The Labute approximate surface area is 151 Å². The molecule has 1 aromatic heterocycles. The SMILES string of the molecule is COCC(C)(NC(=O)c1sc2cc(Cl)cc(Cl)c2c1Cl)C(=O)O. The first-order valence-electron chi connectivity index (χ1n) is 6.31. The van der Waals surface area contributed by atoms with Gasteiger partial charge in [-0.2, -0.15) is 0 Å². The summed E-state index contributed by atoms with van der Waals surface area (Å²) in [5.74, 6) is -1.84. The van der Waals surface area contributed by atoms with Crippen molar-refractivity contribution in [2.24, 2.45) is 0 Å². The lowest BCUT2D eigenvalue weighted by Crippen LogP contribution is -2.55. The maximum absolute atomic E-state index is 12.4. The Morgan fingerprint density at radius 3 is 2.57 bits per heavy atom. The van der Waals surface area contributed by atoms with Gasteiger partial charge in [-0.3, -0.25) is 4.79 Å². The minimum absolute atomic E-state index is 0.161. The molecule has 1 atom stereocenters. The molecule has 0 radical (unpaired) electrons. The number of amides is 1. The van der Waals surface area contributed by atoms with E-state index in [9.17, 15) is 14.7 Å². The van der Waals surface area contributed by atoms with E-state index >= 15 is 0 Å². The number of hydrogen-bond acceptors (Lipinski definition) is 4. The lowest BCUT2D eigenvalue weighted by Gasteiger charge is -2.24. The molecule has 5 nitrogen and oxygen atoms in total. The van der Waals surface area contributed by atoms with Gasteiger partial charge in [-0.05, 0) is 19.1 Å². The molecule has 0 saturated carbocycles. The number of ether oxygens (including phenoxy) is 1. The van der Waals surface area contributed by atoms with Crippen LogP contribution in [-0.4, -0.2) is 36.2 Å². The smallest absolute Gasteiger partial charge is 0.331 e. The first kappa shape index (κ1) is 18.3. The third kappa shape index (κ3) is 3.56. The lowest BCUT2D eigenvalue weighted by atomic mass is 10.0. The van der Waals surface area contributed by atoms with E-state index in [1.807, 2.05) is 0 Å². The third-order valence-corrected chi connectivity index (χ3v) is 5.29. The van der Waals surface area contributed by atoms with Crippen molar-refractivity contribution in [2.45, 2.75) is 12.5 Å². The number of benzene rings is 1. The molecule has 124 valence electrons. The van der Waals surface area contributed by atoms with Crippen LogP contribution >= 0.6 is 46.1 Å². The zero-order valence-electron chi connectivity index (χ0n) is 12.1. The standard InChI is InChI=1S/C14H12Cl3NO4S/c1-14(5-22-2,13(20)21)18-12(19)11-10(17)9-7(16)3-6(15)4-8(9)23-11/h3-4H,5H2,1-2H3,(H,18,19)(H,20,21). The number of aliphatic carboxylic acids is 1. The van der Waals surface area contributed by atoms with Gasteiger partial charge in [0.25, 0.3) is 5.91 Å². The molecule has 23 heavy (non-hydrogen) atoms. The summed E-state index contributed by atoms with van der Waals surface area (Å²) in [5, 5.41) is 13.1. The molecule has 1 unspecified atom stereocenters. The van der Waals surface area contributed by atoms with Crippen LogP contribution in [0.4, 0.5) is 0 Å². The molecule has 2 N–H and O–H groups in total. The number of halogens is 3. The van der Waals surface area contributed by atoms with E-state index in [4.69, 9.17) is 39.5 Å². The van der Waals surface area contributed by atoms with E-state index in [-0.39, 0.29) is 16.5 Å². The molecular weight excluding hydrogens is 385 g/mol. The van der Waals surface area contributed by atoms with Gasteiger partial charge in [0.05, 0.1) is 16.7 Å². The van der Waals surface area contributed by atoms with Crippen molar-refractivity contribution >= 4 is 68.1 Å². The quantitative estimate of drug-likeness (QED) is 0.798. The molecule has 0 spiro atoms. The first-order chi connectivity index (χ1) is 10.7. The number of hydrogen-bond donors (Lipinski definition) is 2. The van der Waals surface area contributed by atoms with Crippen molar-refractivity contribution in [2.75, 3.05) is 13.7 Å². The van der Waals surface area contributed by atoms with Crippen LogP contribution in [-0.2, 0) is 9.53 Å². The zero-order valence-corrected chi connectivity index (χ0v) is 15.2. The van der Waals surface area contributed by atoms with Crippen molar-refractivity contribution in [1.82, 2.24) is 5.32 Å². The number of fused-ring (bicyclic) bond motifs is 1. The molecule has 0 saturated heterocycles. The van der Waals surface area contributed by atoms with Crippen molar-refractivity contribution in [1.29, 1.82) is 0 Å². The molecule has 1 aromatic carbocycles. The largest absolute Gasteiger partial charge is 0.479 e. The summed E-state index contributed by atoms with van der Waals surface area (Å²) in [7, 11) is 1.35. The van der Waals surface area contributed by atoms with Crippen molar-refractivity contribution < 1.29 is 19.4 Å². The first-order valence-corrected chi connectivity index (χ1v) is 8.26. The summed E-state index contributed by atoms with van der Waals surface area (Å²) in [6.45, 7) is 1.16. The maximum Gasteiger partial charge on any atom is 0.331 e. The number of methoxy groups -OCH3 is 1. The van der Waals surface area contributed by atoms with Crippen molar-refractivity contribution in [3.63, 3.8) is 0 Å². The molecule has 2 rings (SSSR count). The minimum atomic E-state index is -1.58. The summed E-state index contributed by atoms with van der Waals surface area (Å²) in [5.41, 5.74) is -1.58. The molecule has 2 aromatic rings. The van der Waals surface area contributed by atoms with Crippen LogP contribution in [0.5, 0.6) is 0 Å². The number of carboxylic acid groups (broad SMARTS) is 1. The number of carbonyl (C=O) groups excluding carboxylic acids is 1. The third-order valence-electron chi connectivity index (χ3n) is 3.15. The maximum atomic E-state index is 12.4. The molecule has 0 bridgehead atoms. The monoisotopic (exact) mass is 395 g/mol. The second-order valence-electron chi connectivity index (χ2n) is 5.03. The van der Waals surface area contributed by atoms with Crippen LogP contribution < -0.4 is 5.32 Å². The second kappa shape index (κ2) is 6.83. The molecule has 0 aliphatic carbocycles. The average molecular weight is 397 g/mol. The Hall–Kier alpha value is -1.05.